The number of hydrogen-bond acceptors (Lipinski definition) is 3. The first-order chi connectivity index (χ1) is 8.38. The van der Waals surface area contributed by atoms with Crippen LogP contribution >= 0.6 is 0 Å². The van der Waals surface area contributed by atoms with E-state index in [2.05, 4.69) is 29.6 Å². The molecule has 0 bridgehead atoms. The van der Waals surface area contributed by atoms with Crippen molar-refractivity contribution in [2.75, 3.05) is 20.3 Å². The summed E-state index contributed by atoms with van der Waals surface area (Å²) in [6, 6.07) is 9.03. The van der Waals surface area contributed by atoms with Crippen molar-refractivity contribution < 1.29 is 9.47 Å². The Balaban J connectivity index is 1.83. The van der Waals surface area contributed by atoms with Gasteiger partial charge in [-0.3, -0.25) is 0 Å². The molecule has 0 spiro atoms. The molecule has 1 aliphatic rings. The second-order valence-electron chi connectivity index (χ2n) is 4.55. The monoisotopic (exact) mass is 235 g/mol. The highest BCUT2D eigenvalue weighted by Crippen LogP contribution is 2.09. The molecular formula is C14H21NO2. The van der Waals surface area contributed by atoms with Crippen LogP contribution in [0, 0.1) is 0 Å². The van der Waals surface area contributed by atoms with Gasteiger partial charge in [-0.25, -0.2) is 0 Å². The van der Waals surface area contributed by atoms with Gasteiger partial charge in [-0.2, -0.15) is 0 Å². The van der Waals surface area contributed by atoms with E-state index in [1.165, 1.54) is 24.0 Å². The Morgan fingerprint density at radius 2 is 2.29 bits per heavy atom. The summed E-state index contributed by atoms with van der Waals surface area (Å²) in [6.07, 6.45) is 2.39. The van der Waals surface area contributed by atoms with Crippen molar-refractivity contribution >= 4 is 0 Å². The number of nitrogens with one attached hydrogen (secondary N) is 1. The van der Waals surface area contributed by atoms with Crippen molar-refractivity contribution in [1.29, 1.82) is 0 Å². The molecular weight excluding hydrogens is 214 g/mol. The van der Waals surface area contributed by atoms with Crippen LogP contribution in [0.1, 0.15) is 24.0 Å². The number of benzene rings is 1. The van der Waals surface area contributed by atoms with E-state index in [1.807, 2.05) is 0 Å². The van der Waals surface area contributed by atoms with Crippen molar-refractivity contribution in [3.05, 3.63) is 35.4 Å². The van der Waals surface area contributed by atoms with Crippen molar-refractivity contribution in [1.82, 2.24) is 5.32 Å². The summed E-state index contributed by atoms with van der Waals surface area (Å²) in [5.74, 6) is 0. The van der Waals surface area contributed by atoms with E-state index in [9.17, 15) is 0 Å². The van der Waals surface area contributed by atoms with E-state index in [0.29, 0.717) is 12.6 Å². The van der Waals surface area contributed by atoms with Crippen LogP contribution in [0.4, 0.5) is 0 Å². The first kappa shape index (κ1) is 12.6. The van der Waals surface area contributed by atoms with E-state index < -0.39 is 0 Å². The average Bonchev–Trinajstić information content (AvgIpc) is 2.39. The first-order valence-corrected chi connectivity index (χ1v) is 6.26. The van der Waals surface area contributed by atoms with Crippen LogP contribution in [0.2, 0.25) is 0 Å². The second kappa shape index (κ2) is 6.74. The van der Waals surface area contributed by atoms with Crippen LogP contribution in [0.25, 0.3) is 0 Å². The van der Waals surface area contributed by atoms with E-state index >= 15 is 0 Å². The minimum atomic E-state index is 0.509. The molecule has 1 saturated heterocycles. The van der Waals surface area contributed by atoms with Crippen molar-refractivity contribution in [3.8, 4) is 0 Å². The van der Waals surface area contributed by atoms with Gasteiger partial charge in [0.15, 0.2) is 0 Å². The molecule has 1 fully saturated rings. The van der Waals surface area contributed by atoms with Gasteiger partial charge in [-0.1, -0.05) is 24.3 Å². The SMILES string of the molecule is COCc1cccc(CNC2CCCOC2)c1. The van der Waals surface area contributed by atoms with Crippen LogP contribution < -0.4 is 5.32 Å². The normalized spacial score (nSPS) is 20.4. The molecule has 1 N–H and O–H groups in total. The zero-order valence-electron chi connectivity index (χ0n) is 10.4. The zero-order chi connectivity index (χ0) is 11.9. The molecule has 3 nitrogen and oxygen atoms in total. The van der Waals surface area contributed by atoms with Crippen molar-refractivity contribution in [3.63, 3.8) is 0 Å². The summed E-state index contributed by atoms with van der Waals surface area (Å²) in [5, 5.41) is 3.54. The molecule has 94 valence electrons. The van der Waals surface area contributed by atoms with Crippen LogP contribution in [0.5, 0.6) is 0 Å². The summed E-state index contributed by atoms with van der Waals surface area (Å²) < 4.78 is 10.6. The fourth-order valence-corrected chi connectivity index (χ4v) is 2.16. The molecule has 3 heteroatoms. The van der Waals surface area contributed by atoms with Gasteiger partial charge >= 0.3 is 0 Å². The molecule has 0 radical (unpaired) electrons. The average molecular weight is 235 g/mol. The Hall–Kier alpha value is -0.900. The van der Waals surface area contributed by atoms with Crippen molar-refractivity contribution in [2.45, 2.75) is 32.0 Å². The maximum Gasteiger partial charge on any atom is 0.0713 e. The lowest BCUT2D eigenvalue weighted by atomic mass is 10.1. The van der Waals surface area contributed by atoms with Crippen LogP contribution in [-0.2, 0) is 22.6 Å². The number of rotatable bonds is 5. The summed E-state index contributed by atoms with van der Waals surface area (Å²) >= 11 is 0. The Bertz CT molecular complexity index is 335. The molecule has 0 aliphatic carbocycles. The summed E-state index contributed by atoms with van der Waals surface area (Å²) in [5.41, 5.74) is 2.54. The topological polar surface area (TPSA) is 30.5 Å². The van der Waals surface area contributed by atoms with E-state index in [-0.39, 0.29) is 0 Å². The maximum atomic E-state index is 5.45. The Morgan fingerprint density at radius 1 is 1.41 bits per heavy atom. The van der Waals surface area contributed by atoms with Crippen LogP contribution in [-0.4, -0.2) is 26.4 Å². The van der Waals surface area contributed by atoms with E-state index in [4.69, 9.17) is 9.47 Å². The molecule has 1 heterocycles. The van der Waals surface area contributed by atoms with Gasteiger partial charge in [0.1, 0.15) is 0 Å². The molecule has 1 aromatic rings. The Labute approximate surface area is 103 Å². The smallest absolute Gasteiger partial charge is 0.0713 e. The largest absolute Gasteiger partial charge is 0.380 e. The lowest BCUT2D eigenvalue weighted by Gasteiger charge is -2.23. The summed E-state index contributed by atoms with van der Waals surface area (Å²) in [6.45, 7) is 3.35. The molecule has 1 atom stereocenters. The third kappa shape index (κ3) is 4.11. The van der Waals surface area contributed by atoms with Gasteiger partial charge in [0.05, 0.1) is 13.2 Å². The van der Waals surface area contributed by atoms with Crippen LogP contribution in [0.3, 0.4) is 0 Å². The number of ether oxygens (including phenoxy) is 2. The highest BCUT2D eigenvalue weighted by molar-refractivity contribution is 5.22. The summed E-state index contributed by atoms with van der Waals surface area (Å²) in [4.78, 5) is 0. The molecule has 0 amide bonds. The van der Waals surface area contributed by atoms with Gasteiger partial charge < -0.3 is 14.8 Å². The molecule has 1 aliphatic heterocycles. The highest BCUT2D eigenvalue weighted by Gasteiger charge is 2.12. The van der Waals surface area contributed by atoms with Gasteiger partial charge in [0.25, 0.3) is 0 Å². The van der Waals surface area contributed by atoms with Gasteiger partial charge in [0.2, 0.25) is 0 Å². The molecule has 17 heavy (non-hydrogen) atoms. The molecule has 0 saturated carbocycles. The number of methoxy groups -OCH3 is 1. The molecule has 1 unspecified atom stereocenters. The van der Waals surface area contributed by atoms with Crippen LogP contribution in [0.15, 0.2) is 24.3 Å². The maximum absolute atomic E-state index is 5.45. The quantitative estimate of drug-likeness (QED) is 0.848. The Kier molecular flexibility index (Phi) is 4.98. The Morgan fingerprint density at radius 3 is 3.06 bits per heavy atom. The van der Waals surface area contributed by atoms with Gasteiger partial charge in [-0.05, 0) is 24.0 Å². The third-order valence-corrected chi connectivity index (χ3v) is 3.06. The predicted molar refractivity (Wildman–Crippen MR) is 67.8 cm³/mol. The van der Waals surface area contributed by atoms with E-state index in [0.717, 1.165) is 19.8 Å². The van der Waals surface area contributed by atoms with Gasteiger partial charge in [0, 0.05) is 26.3 Å². The second-order valence-corrected chi connectivity index (χ2v) is 4.55. The summed E-state index contributed by atoms with van der Waals surface area (Å²) in [7, 11) is 1.73. The minimum absolute atomic E-state index is 0.509. The van der Waals surface area contributed by atoms with Crippen molar-refractivity contribution in [2.24, 2.45) is 0 Å². The fourth-order valence-electron chi connectivity index (χ4n) is 2.16. The molecule has 2 rings (SSSR count). The van der Waals surface area contributed by atoms with E-state index in [1.54, 1.807) is 7.11 Å². The predicted octanol–water partition coefficient (Wildman–Crippen LogP) is 2.10. The fraction of sp³-hybridized carbons (Fsp3) is 0.571. The molecule has 0 aromatic heterocycles. The lowest BCUT2D eigenvalue weighted by molar-refractivity contribution is 0.0699. The molecule has 1 aromatic carbocycles. The minimum Gasteiger partial charge on any atom is -0.380 e. The lowest BCUT2D eigenvalue weighted by Crippen LogP contribution is -2.36. The first-order valence-electron chi connectivity index (χ1n) is 6.26. The third-order valence-electron chi connectivity index (χ3n) is 3.06. The van der Waals surface area contributed by atoms with Gasteiger partial charge in [-0.15, -0.1) is 0 Å². The highest BCUT2D eigenvalue weighted by atomic mass is 16.5. The standard InChI is InChI=1S/C14H21NO2/c1-16-10-13-5-2-4-12(8-13)9-15-14-6-3-7-17-11-14/h2,4-5,8,14-15H,3,6-7,9-11H2,1H3. The number of hydrogen-bond donors (Lipinski definition) is 1. The zero-order valence-corrected chi connectivity index (χ0v) is 10.4.